The fraction of sp³-hybridized carbons (Fsp3) is 0.133. The summed E-state index contributed by atoms with van der Waals surface area (Å²) in [4.78, 5) is 20.9. The third kappa shape index (κ3) is 4.06. The number of benzene rings is 2. The van der Waals surface area contributed by atoms with Gasteiger partial charge in [0.1, 0.15) is 6.54 Å². The van der Waals surface area contributed by atoms with Gasteiger partial charge in [-0.05, 0) is 36.8 Å². The zero-order chi connectivity index (χ0) is 18.8. The highest BCUT2D eigenvalue weighted by Gasteiger charge is 2.28. The Bertz CT molecular complexity index is 945. The van der Waals surface area contributed by atoms with Crippen molar-refractivity contribution in [3.05, 3.63) is 63.2 Å². The Morgan fingerprint density at radius 1 is 1.28 bits per heavy atom. The number of hydrogen-bond acceptors (Lipinski definition) is 5. The molecule has 25 heavy (non-hydrogen) atoms. The first kappa shape index (κ1) is 18.7. The van der Waals surface area contributed by atoms with Gasteiger partial charge in [0.05, 0.1) is 15.5 Å². The van der Waals surface area contributed by atoms with E-state index in [0.29, 0.717) is 14.9 Å². The molecule has 1 N–H and O–H groups in total. The average molecular weight is 385 g/mol. The Hall–Kier alpha value is -2.65. The van der Waals surface area contributed by atoms with E-state index in [-0.39, 0.29) is 10.6 Å². The fourth-order valence-corrected chi connectivity index (χ4v) is 3.67. The first-order valence-electron chi connectivity index (χ1n) is 6.88. The molecule has 0 unspecified atom stereocenters. The predicted molar refractivity (Wildman–Crippen MR) is 91.5 cm³/mol. The van der Waals surface area contributed by atoms with Gasteiger partial charge >= 0.3 is 5.97 Å². The van der Waals surface area contributed by atoms with Gasteiger partial charge in [-0.15, -0.1) is 0 Å². The van der Waals surface area contributed by atoms with Crippen molar-refractivity contribution in [2.45, 2.75) is 11.8 Å². The summed E-state index contributed by atoms with van der Waals surface area (Å²) in [6.45, 7) is 0.802. The highest BCUT2D eigenvalue weighted by Crippen LogP contribution is 2.28. The second kappa shape index (κ2) is 7.08. The molecular formula is C15H13ClN2O6S. The minimum Gasteiger partial charge on any atom is -0.480 e. The molecule has 10 heteroatoms. The quantitative estimate of drug-likeness (QED) is 0.604. The number of carboxylic acids is 1. The molecule has 0 aliphatic heterocycles. The van der Waals surface area contributed by atoms with Crippen molar-refractivity contribution in [1.82, 2.24) is 0 Å². The molecule has 2 rings (SSSR count). The van der Waals surface area contributed by atoms with Crippen LogP contribution in [0.25, 0.3) is 0 Å². The van der Waals surface area contributed by atoms with Crippen LogP contribution < -0.4 is 4.31 Å². The summed E-state index contributed by atoms with van der Waals surface area (Å²) in [6.07, 6.45) is 0. The first-order valence-corrected chi connectivity index (χ1v) is 8.70. The van der Waals surface area contributed by atoms with Crippen LogP contribution in [-0.4, -0.2) is 31.0 Å². The second-order valence-electron chi connectivity index (χ2n) is 5.09. The van der Waals surface area contributed by atoms with E-state index in [0.717, 1.165) is 12.1 Å². The minimum atomic E-state index is -4.33. The topological polar surface area (TPSA) is 118 Å². The molecule has 0 aliphatic carbocycles. The number of carbonyl (C=O) groups is 1. The summed E-state index contributed by atoms with van der Waals surface area (Å²) in [5, 5.41) is 20.3. The molecule has 0 saturated heterocycles. The van der Waals surface area contributed by atoms with E-state index in [1.807, 2.05) is 0 Å². The van der Waals surface area contributed by atoms with Gasteiger partial charge in [0.15, 0.2) is 0 Å². The number of anilines is 1. The van der Waals surface area contributed by atoms with Gasteiger partial charge in [-0.2, -0.15) is 0 Å². The zero-order valence-corrected chi connectivity index (χ0v) is 14.5. The number of nitrogens with zero attached hydrogens (tertiary/aromatic N) is 2. The summed E-state index contributed by atoms with van der Waals surface area (Å²) in [5.41, 5.74) is 0.239. The molecule has 0 saturated carbocycles. The van der Waals surface area contributed by atoms with Crippen molar-refractivity contribution in [2.75, 3.05) is 10.8 Å². The Morgan fingerprint density at radius 2 is 1.96 bits per heavy atom. The van der Waals surface area contributed by atoms with E-state index in [9.17, 15) is 23.3 Å². The number of aryl methyl sites for hydroxylation is 1. The van der Waals surface area contributed by atoms with E-state index < -0.39 is 33.1 Å². The summed E-state index contributed by atoms with van der Waals surface area (Å²) in [7, 11) is -4.33. The van der Waals surface area contributed by atoms with E-state index in [1.54, 1.807) is 6.92 Å². The number of rotatable bonds is 6. The second-order valence-corrected chi connectivity index (χ2v) is 7.36. The number of nitro groups is 1. The smallest absolute Gasteiger partial charge is 0.324 e. The third-order valence-corrected chi connectivity index (χ3v) is 5.52. The van der Waals surface area contributed by atoms with Crippen LogP contribution in [-0.2, 0) is 14.8 Å². The van der Waals surface area contributed by atoms with Crippen LogP contribution in [0.15, 0.2) is 47.4 Å². The highest BCUT2D eigenvalue weighted by atomic mass is 35.5. The lowest BCUT2D eigenvalue weighted by Gasteiger charge is -2.23. The van der Waals surface area contributed by atoms with Crippen molar-refractivity contribution < 1.29 is 23.2 Å². The summed E-state index contributed by atoms with van der Waals surface area (Å²) in [6, 6.07) is 8.66. The molecule has 0 aromatic heterocycles. The molecule has 0 radical (unpaired) electrons. The first-order chi connectivity index (χ1) is 11.6. The summed E-state index contributed by atoms with van der Waals surface area (Å²) in [5.74, 6) is -1.37. The lowest BCUT2D eigenvalue weighted by molar-refractivity contribution is -0.385. The normalized spacial score (nSPS) is 11.1. The molecule has 2 aromatic rings. The van der Waals surface area contributed by atoms with E-state index >= 15 is 0 Å². The fourth-order valence-electron chi connectivity index (χ4n) is 2.11. The van der Waals surface area contributed by atoms with Gasteiger partial charge < -0.3 is 5.11 Å². The van der Waals surface area contributed by atoms with Crippen LogP contribution in [0.2, 0.25) is 5.02 Å². The van der Waals surface area contributed by atoms with Gasteiger partial charge in [-0.25, -0.2) is 8.42 Å². The lowest BCUT2D eigenvalue weighted by Crippen LogP contribution is -2.35. The Labute approximate surface area is 148 Å². The average Bonchev–Trinajstić information content (AvgIpc) is 2.55. The van der Waals surface area contributed by atoms with Crippen LogP contribution in [0.5, 0.6) is 0 Å². The molecule has 0 spiro atoms. The number of carboxylic acid groups (broad SMARTS) is 1. The van der Waals surface area contributed by atoms with Crippen LogP contribution >= 0.6 is 11.6 Å². The molecular weight excluding hydrogens is 372 g/mol. The van der Waals surface area contributed by atoms with Gasteiger partial charge in [-0.3, -0.25) is 19.2 Å². The van der Waals surface area contributed by atoms with Crippen molar-refractivity contribution in [3.8, 4) is 0 Å². The standard InChI is InChI=1S/C15H13ClN2O6S/c1-10-7-11(5-6-14(10)16)17(9-15(19)20)25(23,24)13-4-2-3-12(8-13)18(21)22/h2-8H,9H2,1H3,(H,19,20). The molecule has 0 atom stereocenters. The maximum atomic E-state index is 12.8. The number of aliphatic carboxylic acids is 1. The Kier molecular flexibility index (Phi) is 5.29. The number of hydrogen-bond donors (Lipinski definition) is 1. The van der Waals surface area contributed by atoms with Crippen LogP contribution in [0.4, 0.5) is 11.4 Å². The van der Waals surface area contributed by atoms with E-state index in [4.69, 9.17) is 16.7 Å². The van der Waals surface area contributed by atoms with E-state index in [1.165, 1.54) is 30.3 Å². The minimum absolute atomic E-state index is 0.0933. The Morgan fingerprint density at radius 3 is 2.52 bits per heavy atom. The Balaban J connectivity index is 2.59. The molecule has 0 fully saturated rings. The molecule has 8 nitrogen and oxygen atoms in total. The van der Waals surface area contributed by atoms with Crippen LogP contribution in [0, 0.1) is 17.0 Å². The monoisotopic (exact) mass is 384 g/mol. The molecule has 0 amide bonds. The number of sulfonamides is 1. The number of nitro benzene ring substituents is 1. The lowest BCUT2D eigenvalue weighted by atomic mass is 10.2. The highest BCUT2D eigenvalue weighted by molar-refractivity contribution is 7.92. The van der Waals surface area contributed by atoms with Crippen molar-refractivity contribution in [3.63, 3.8) is 0 Å². The van der Waals surface area contributed by atoms with Crippen molar-refractivity contribution in [1.29, 1.82) is 0 Å². The van der Waals surface area contributed by atoms with Crippen LogP contribution in [0.3, 0.4) is 0 Å². The number of halogens is 1. The molecule has 2 aromatic carbocycles. The summed E-state index contributed by atoms with van der Waals surface area (Å²) < 4.78 is 26.4. The van der Waals surface area contributed by atoms with Crippen LogP contribution in [0.1, 0.15) is 5.56 Å². The van der Waals surface area contributed by atoms with E-state index in [2.05, 4.69) is 0 Å². The maximum Gasteiger partial charge on any atom is 0.324 e. The third-order valence-electron chi connectivity index (χ3n) is 3.32. The SMILES string of the molecule is Cc1cc(N(CC(=O)O)S(=O)(=O)c2cccc([N+](=O)[O-])c2)ccc1Cl. The van der Waals surface area contributed by atoms with Gasteiger partial charge in [0.25, 0.3) is 15.7 Å². The van der Waals surface area contributed by atoms with Crippen molar-refractivity contribution >= 4 is 39.0 Å². The molecule has 0 aliphatic rings. The molecule has 132 valence electrons. The van der Waals surface area contributed by atoms with Gasteiger partial charge in [0.2, 0.25) is 0 Å². The maximum absolute atomic E-state index is 12.8. The molecule has 0 heterocycles. The van der Waals surface area contributed by atoms with Gasteiger partial charge in [-0.1, -0.05) is 17.7 Å². The predicted octanol–water partition coefficient (Wildman–Crippen LogP) is 2.84. The van der Waals surface area contributed by atoms with Crippen molar-refractivity contribution in [2.24, 2.45) is 0 Å². The largest absolute Gasteiger partial charge is 0.480 e. The number of non-ortho nitro benzene ring substituents is 1. The summed E-state index contributed by atoms with van der Waals surface area (Å²) >= 11 is 5.92. The van der Waals surface area contributed by atoms with Gasteiger partial charge in [0, 0.05) is 17.2 Å². The zero-order valence-electron chi connectivity index (χ0n) is 12.9. The molecule has 0 bridgehead atoms.